The molecule has 0 radical (unpaired) electrons. The van der Waals surface area contributed by atoms with Gasteiger partial charge in [-0.25, -0.2) is 9.78 Å². The zero-order valence-electron chi connectivity index (χ0n) is 16.9. The number of nitrogens with zero attached hydrogens (tertiary/aromatic N) is 3. The van der Waals surface area contributed by atoms with E-state index in [9.17, 15) is 9.00 Å². The molecule has 0 atom stereocenters. The van der Waals surface area contributed by atoms with Gasteiger partial charge in [0.15, 0.2) is 0 Å². The van der Waals surface area contributed by atoms with Crippen LogP contribution in [0.5, 0.6) is 5.88 Å². The Labute approximate surface area is 185 Å². The van der Waals surface area contributed by atoms with Crippen LogP contribution in [0.15, 0.2) is 57.2 Å². The first kappa shape index (κ1) is 22.7. The predicted octanol–water partition coefficient (Wildman–Crippen LogP) is 4.64. The Bertz CT molecular complexity index is 1080. The highest BCUT2D eigenvalue weighted by molar-refractivity contribution is 7.75. The molecule has 3 rings (SSSR count). The van der Waals surface area contributed by atoms with Crippen molar-refractivity contribution in [2.24, 2.45) is 4.36 Å². The summed E-state index contributed by atoms with van der Waals surface area (Å²) in [6.07, 6.45) is 0.841. The first-order valence-electron chi connectivity index (χ1n) is 9.30. The molecule has 0 aliphatic carbocycles. The summed E-state index contributed by atoms with van der Waals surface area (Å²) in [5, 5.41) is 5.06. The van der Waals surface area contributed by atoms with Crippen LogP contribution in [0.25, 0.3) is 10.4 Å². The van der Waals surface area contributed by atoms with Crippen LogP contribution < -0.4 is 10.1 Å². The van der Waals surface area contributed by atoms with E-state index in [1.165, 1.54) is 0 Å². The predicted molar refractivity (Wildman–Crippen MR) is 118 cm³/mol. The van der Waals surface area contributed by atoms with E-state index in [4.69, 9.17) is 9.47 Å². The molecule has 0 unspecified atom stereocenters. The number of carbonyl (C=O) groups is 1. The molecule has 9 nitrogen and oxygen atoms in total. The van der Waals surface area contributed by atoms with Crippen LogP contribution in [0.1, 0.15) is 6.92 Å². The minimum atomic E-state index is -1.84. The molecule has 2 heterocycles. The van der Waals surface area contributed by atoms with Gasteiger partial charge in [-0.3, -0.25) is 4.36 Å². The van der Waals surface area contributed by atoms with Crippen LogP contribution in [0.3, 0.4) is 0 Å². The highest BCUT2D eigenvalue weighted by Gasteiger charge is 2.12. The van der Waals surface area contributed by atoms with Crippen molar-refractivity contribution in [2.45, 2.75) is 11.8 Å². The lowest BCUT2D eigenvalue weighted by Crippen LogP contribution is -2.08. The molecule has 11 heteroatoms. The van der Waals surface area contributed by atoms with Gasteiger partial charge in [-0.05, 0) is 30.5 Å². The van der Waals surface area contributed by atoms with Gasteiger partial charge in [-0.2, -0.15) is 4.98 Å². The van der Waals surface area contributed by atoms with Crippen molar-refractivity contribution in [3.8, 4) is 16.3 Å². The van der Waals surface area contributed by atoms with Crippen LogP contribution in [0.2, 0.25) is 0 Å². The minimum Gasteiger partial charge on any atom is -0.475 e. The fourth-order valence-corrected chi connectivity index (χ4v) is 3.80. The molecular weight excluding hydrogens is 440 g/mol. The molecule has 31 heavy (non-hydrogen) atoms. The summed E-state index contributed by atoms with van der Waals surface area (Å²) < 4.78 is 31.1. The number of anilines is 2. The number of rotatable bonds is 9. The molecule has 3 aromatic rings. The number of amides is 1. The molecule has 0 aliphatic rings. The second-order valence-electron chi connectivity index (χ2n) is 5.92. The zero-order valence-corrected chi connectivity index (χ0v) is 18.6. The van der Waals surface area contributed by atoms with Crippen molar-refractivity contribution in [3.63, 3.8) is 0 Å². The first-order chi connectivity index (χ1) is 15.1. The lowest BCUT2D eigenvalue weighted by molar-refractivity contribution is 0.144. The van der Waals surface area contributed by atoms with Crippen LogP contribution in [0, 0.1) is 0 Å². The topological polar surface area (TPSA) is 112 Å². The van der Waals surface area contributed by atoms with Gasteiger partial charge < -0.3 is 23.7 Å². The summed E-state index contributed by atoms with van der Waals surface area (Å²) in [5.74, 6) is 0.792. The number of aromatic nitrogens is 2. The van der Waals surface area contributed by atoms with Crippen molar-refractivity contribution >= 4 is 39.7 Å². The van der Waals surface area contributed by atoms with Gasteiger partial charge in [0.25, 0.3) is 0 Å². The number of ether oxygens (including phenoxy) is 3. The van der Waals surface area contributed by atoms with E-state index < -0.39 is 16.7 Å². The lowest BCUT2D eigenvalue weighted by Gasteiger charge is -2.12. The smallest absolute Gasteiger partial charge is 0.410 e. The number of thiophene rings is 1. The zero-order chi connectivity index (χ0) is 22.1. The van der Waals surface area contributed by atoms with E-state index in [1.54, 1.807) is 55.8 Å². The van der Waals surface area contributed by atoms with Gasteiger partial charge in [0.2, 0.25) is 11.8 Å². The number of hydrogen-bond donors (Lipinski definition) is 1. The average molecular weight is 462 g/mol. The number of benzene rings is 1. The molecule has 1 aromatic carbocycles. The minimum absolute atomic E-state index is 0.171. The fraction of sp³-hybridized carbons (Fsp3) is 0.250. The standard InChI is InChI=1S/C20H21N4O5S2/c1-3-28-20(25)24-31(26)15-8-6-14(7-9-15)22-19-21-13-16(17-5-4-12-30-17)18(23-19)29-11-10-27-2/h4-9,12-13H,3,10-11H2,1-2H3,(H,21,22,23)/q-1. The second kappa shape index (κ2) is 11.4. The molecule has 0 aliphatic heterocycles. The van der Waals surface area contributed by atoms with Crippen molar-refractivity contribution in [1.82, 2.24) is 9.97 Å². The van der Waals surface area contributed by atoms with Crippen molar-refractivity contribution in [1.29, 1.82) is 0 Å². The van der Waals surface area contributed by atoms with E-state index in [-0.39, 0.29) is 6.61 Å². The molecule has 0 saturated carbocycles. The third-order valence-corrected chi connectivity index (χ3v) is 5.70. The highest BCUT2D eigenvalue weighted by Crippen LogP contribution is 2.32. The maximum Gasteiger partial charge on any atom is 0.410 e. The lowest BCUT2D eigenvalue weighted by atomic mass is 10.2. The van der Waals surface area contributed by atoms with E-state index in [1.807, 2.05) is 17.5 Å². The number of hydrogen-bond acceptors (Lipinski definition) is 10. The number of carbonyl (C=O) groups excluding carboxylic acids is 1. The average Bonchev–Trinajstić information content (AvgIpc) is 3.29. The second-order valence-corrected chi connectivity index (χ2v) is 8.02. The number of methoxy groups -OCH3 is 1. The molecule has 1 N–H and O–H groups in total. The normalized spacial score (nSPS) is 11.8. The van der Waals surface area contributed by atoms with Crippen LogP contribution in [-0.2, 0) is 24.3 Å². The molecule has 0 bridgehead atoms. The summed E-state index contributed by atoms with van der Waals surface area (Å²) in [4.78, 5) is 21.6. The molecule has 1 amide bonds. The van der Waals surface area contributed by atoms with Gasteiger partial charge >= 0.3 is 6.09 Å². The van der Waals surface area contributed by atoms with E-state index in [0.717, 1.165) is 10.4 Å². The van der Waals surface area contributed by atoms with Gasteiger partial charge in [-0.15, -0.1) is 21.9 Å². The Hall–Kier alpha value is -3.02. The Balaban J connectivity index is 1.76. The Kier molecular flexibility index (Phi) is 8.33. The Morgan fingerprint density at radius 2 is 2.03 bits per heavy atom. The monoisotopic (exact) mass is 461 g/mol. The molecule has 0 saturated heterocycles. The summed E-state index contributed by atoms with van der Waals surface area (Å²) in [6, 6.07) is 10.5. The van der Waals surface area contributed by atoms with Gasteiger partial charge in [0.1, 0.15) is 6.61 Å². The Morgan fingerprint density at radius 1 is 1.23 bits per heavy atom. The van der Waals surface area contributed by atoms with Crippen LogP contribution >= 0.6 is 11.3 Å². The van der Waals surface area contributed by atoms with E-state index >= 15 is 0 Å². The van der Waals surface area contributed by atoms with Crippen molar-refractivity contribution in [3.05, 3.63) is 48.0 Å². The molecule has 2 aromatic heterocycles. The van der Waals surface area contributed by atoms with E-state index in [0.29, 0.717) is 35.6 Å². The quantitative estimate of drug-likeness (QED) is 0.362. The Morgan fingerprint density at radius 3 is 2.71 bits per heavy atom. The van der Waals surface area contributed by atoms with Gasteiger partial charge in [-0.1, -0.05) is 23.1 Å². The van der Waals surface area contributed by atoms with Gasteiger partial charge in [0, 0.05) is 23.9 Å². The maximum atomic E-state index is 12.1. The van der Waals surface area contributed by atoms with Crippen molar-refractivity contribution < 1.29 is 23.2 Å². The summed E-state index contributed by atoms with van der Waals surface area (Å²) in [5.41, 5.74) is 1.46. The third kappa shape index (κ3) is 6.48. The third-order valence-electron chi connectivity index (χ3n) is 3.80. The first-order valence-corrected chi connectivity index (χ1v) is 11.3. The van der Waals surface area contributed by atoms with E-state index in [2.05, 4.69) is 24.4 Å². The van der Waals surface area contributed by atoms with Crippen molar-refractivity contribution in [2.75, 3.05) is 32.2 Å². The maximum absolute atomic E-state index is 12.1. The molecule has 0 fully saturated rings. The largest absolute Gasteiger partial charge is 0.475 e. The molecule has 164 valence electrons. The summed E-state index contributed by atoms with van der Waals surface area (Å²) in [6.45, 7) is 2.62. The van der Waals surface area contributed by atoms with Gasteiger partial charge in [0.05, 0.1) is 18.8 Å². The summed E-state index contributed by atoms with van der Waals surface area (Å²) >= 11 is 1.57. The fourth-order valence-electron chi connectivity index (χ4n) is 2.41. The number of nitrogens with one attached hydrogen (secondary N) is 1. The SMILES string of the molecule is CCOC(=O)N=[S-](=O)c1ccc(Nc2ncc(-c3cccs3)c(OCCOC)n2)cc1. The van der Waals surface area contributed by atoms with Crippen LogP contribution in [-0.4, -0.2) is 43.0 Å². The summed E-state index contributed by atoms with van der Waals surface area (Å²) in [7, 11) is -0.233. The van der Waals surface area contributed by atoms with Crippen LogP contribution in [0.4, 0.5) is 16.4 Å². The molecule has 0 spiro atoms. The highest BCUT2D eigenvalue weighted by atomic mass is 32.2. The molecular formula is C20H21N4O5S2-.